The van der Waals surface area contributed by atoms with E-state index >= 15 is 0 Å². The Morgan fingerprint density at radius 3 is 2.00 bits per heavy atom. The third-order valence-electron chi connectivity index (χ3n) is 0.184. The van der Waals surface area contributed by atoms with Crippen LogP contribution in [-0.4, -0.2) is 7.91 Å². The summed E-state index contributed by atoms with van der Waals surface area (Å²) in [5, 5.41) is 0. The van der Waals surface area contributed by atoms with Gasteiger partial charge in [0.1, 0.15) is 15.6 Å². The molecule has 0 unspecified atom stereocenters. The van der Waals surface area contributed by atoms with Gasteiger partial charge in [-0.25, -0.2) is 0 Å². The quantitative estimate of drug-likeness (QED) is 0.353. The molecule has 0 bridgehead atoms. The van der Waals surface area contributed by atoms with Crippen LogP contribution in [0.25, 0.3) is 0 Å². The third kappa shape index (κ3) is 7.03. The van der Waals surface area contributed by atoms with Gasteiger partial charge in [0.2, 0.25) is 4.38 Å². The molecule has 0 aromatic carbocycles. The average Bonchev–Trinajstić information content (AvgIpc) is 1.61. The molecule has 0 aromatic rings. The molecule has 0 N–H and O–H groups in total. The summed E-state index contributed by atoms with van der Waals surface area (Å²) in [5.74, 6) is 0. The zero-order chi connectivity index (χ0) is 6.57. The number of hydrogen-bond donors (Lipinski definition) is 2. The standard InChI is InChI=1S/C2H2OS5/c4-1(5)3-8-2(6)7/h(H,4,5)(H,6,7). The Bertz CT molecular complexity index is 95.0. The summed E-state index contributed by atoms with van der Waals surface area (Å²) in [4.78, 5) is 0. The normalized spacial score (nSPS) is 8.25. The molecule has 0 amide bonds. The second-order valence-corrected chi connectivity index (χ2v) is 4.24. The van der Waals surface area contributed by atoms with Crippen LogP contribution >= 0.6 is 61.7 Å². The zero-order valence-electron chi connectivity index (χ0n) is 3.53. The van der Waals surface area contributed by atoms with Crippen LogP contribution in [0.3, 0.4) is 0 Å². The van der Waals surface area contributed by atoms with Crippen molar-refractivity contribution in [1.29, 1.82) is 0 Å². The molecule has 0 spiro atoms. The van der Waals surface area contributed by atoms with E-state index in [9.17, 15) is 0 Å². The molecule has 0 aromatic heterocycles. The SMILES string of the molecule is S=C(S)OSC(=S)S. The van der Waals surface area contributed by atoms with Gasteiger partial charge in [0, 0.05) is 0 Å². The molecule has 0 aliphatic heterocycles. The van der Waals surface area contributed by atoms with Crippen molar-refractivity contribution in [3.63, 3.8) is 0 Å². The molecule has 8 heavy (non-hydrogen) atoms. The summed E-state index contributed by atoms with van der Waals surface area (Å²) in [6, 6.07) is 0. The van der Waals surface area contributed by atoms with Gasteiger partial charge in [0.25, 0.3) is 0 Å². The summed E-state index contributed by atoms with van der Waals surface area (Å²) in [7, 11) is 0. The smallest absolute Gasteiger partial charge is 0.232 e. The molecule has 0 aliphatic rings. The third-order valence-corrected chi connectivity index (χ3v) is 1.41. The van der Waals surface area contributed by atoms with Crippen molar-refractivity contribution in [3.05, 3.63) is 0 Å². The molecule has 0 radical (unpaired) electrons. The van der Waals surface area contributed by atoms with Crippen molar-refractivity contribution < 1.29 is 4.18 Å². The highest BCUT2D eigenvalue weighted by Crippen LogP contribution is 2.10. The van der Waals surface area contributed by atoms with Gasteiger partial charge in [-0.15, -0.1) is 12.6 Å². The van der Waals surface area contributed by atoms with Gasteiger partial charge in [-0.3, -0.25) is 0 Å². The van der Waals surface area contributed by atoms with E-state index in [1.165, 1.54) is 0 Å². The Labute approximate surface area is 73.6 Å². The minimum atomic E-state index is 0.159. The summed E-state index contributed by atoms with van der Waals surface area (Å²) in [5.41, 5.74) is 0. The molecular weight excluding hydrogens is 200 g/mol. The van der Waals surface area contributed by atoms with Gasteiger partial charge in [-0.2, -0.15) is 0 Å². The Kier molecular flexibility index (Phi) is 5.49. The van der Waals surface area contributed by atoms with Gasteiger partial charge in [0.05, 0.1) is 0 Å². The van der Waals surface area contributed by atoms with E-state index in [-0.39, 0.29) is 4.38 Å². The van der Waals surface area contributed by atoms with Crippen LogP contribution in [0.5, 0.6) is 0 Å². The van der Waals surface area contributed by atoms with Gasteiger partial charge >= 0.3 is 0 Å². The van der Waals surface area contributed by atoms with E-state index in [1.807, 2.05) is 0 Å². The summed E-state index contributed by atoms with van der Waals surface area (Å²) < 4.78 is 5.15. The van der Waals surface area contributed by atoms with Crippen LogP contribution < -0.4 is 0 Å². The topological polar surface area (TPSA) is 9.23 Å². The first-order valence-electron chi connectivity index (χ1n) is 1.43. The van der Waals surface area contributed by atoms with Crippen molar-refractivity contribution in [3.8, 4) is 0 Å². The van der Waals surface area contributed by atoms with E-state index in [4.69, 9.17) is 0 Å². The molecule has 6 heteroatoms. The van der Waals surface area contributed by atoms with Crippen LogP contribution in [-0.2, 0) is 4.18 Å². The monoisotopic (exact) mass is 202 g/mol. The first-order valence-corrected chi connectivity index (χ1v) is 3.88. The van der Waals surface area contributed by atoms with Crippen molar-refractivity contribution in [2.45, 2.75) is 0 Å². The Morgan fingerprint density at radius 2 is 1.88 bits per heavy atom. The highest BCUT2D eigenvalue weighted by atomic mass is 32.2. The van der Waals surface area contributed by atoms with Crippen LogP contribution in [0.15, 0.2) is 0 Å². The summed E-state index contributed by atoms with van der Waals surface area (Å²) in [6.45, 7) is 0. The molecule has 0 heterocycles. The first kappa shape index (κ1) is 9.03. The van der Waals surface area contributed by atoms with E-state index in [0.717, 1.165) is 12.0 Å². The predicted molar refractivity (Wildman–Crippen MR) is 51.8 cm³/mol. The number of thiocarbonyl (C=S) groups is 2. The largest absolute Gasteiger partial charge is 0.401 e. The molecule has 0 saturated heterocycles. The zero-order valence-corrected chi connectivity index (χ0v) is 7.77. The minimum absolute atomic E-state index is 0.159. The maximum absolute atomic E-state index is 4.60. The van der Waals surface area contributed by atoms with Crippen LogP contribution in [0.1, 0.15) is 0 Å². The highest BCUT2D eigenvalue weighted by molar-refractivity contribution is 8.40. The lowest BCUT2D eigenvalue weighted by molar-refractivity contribution is 0.691. The molecule has 1 nitrogen and oxygen atoms in total. The van der Waals surface area contributed by atoms with Gasteiger partial charge in [0.15, 0.2) is 0 Å². The highest BCUT2D eigenvalue weighted by Gasteiger charge is 1.91. The Balaban J connectivity index is 3.18. The second kappa shape index (κ2) is 4.87. The maximum Gasteiger partial charge on any atom is 0.232 e. The van der Waals surface area contributed by atoms with E-state index in [1.54, 1.807) is 0 Å². The Hall–Kier alpha value is 1.03. The first-order chi connectivity index (χ1) is 3.63. The molecule has 0 saturated carbocycles. The fraction of sp³-hybridized carbons (Fsp3) is 0. The maximum atomic E-state index is 4.60. The van der Waals surface area contributed by atoms with Crippen LogP contribution in [0.4, 0.5) is 0 Å². The molecule has 0 aliphatic carbocycles. The predicted octanol–water partition coefficient (Wildman–Crippen LogP) is 2.08. The lowest BCUT2D eigenvalue weighted by atomic mass is 11.7. The van der Waals surface area contributed by atoms with Crippen molar-refractivity contribution in [2.75, 3.05) is 0 Å². The second-order valence-electron chi connectivity index (χ2n) is 0.698. The minimum Gasteiger partial charge on any atom is -0.401 e. The number of hydrogen-bond acceptors (Lipinski definition) is 4. The lowest BCUT2D eigenvalue weighted by Gasteiger charge is -1.93. The summed E-state index contributed by atoms with van der Waals surface area (Å²) >= 11 is 17.3. The number of rotatable bonds is 0. The summed E-state index contributed by atoms with van der Waals surface area (Å²) in [6.07, 6.45) is 0. The van der Waals surface area contributed by atoms with E-state index in [0.29, 0.717) is 3.53 Å². The molecular formula is C2H2OS5. The van der Waals surface area contributed by atoms with Gasteiger partial charge in [-0.1, -0.05) is 24.8 Å². The lowest BCUT2D eigenvalue weighted by Crippen LogP contribution is -1.83. The van der Waals surface area contributed by atoms with Gasteiger partial charge in [-0.05, 0) is 12.2 Å². The van der Waals surface area contributed by atoms with Gasteiger partial charge < -0.3 is 4.18 Å². The van der Waals surface area contributed by atoms with Crippen LogP contribution in [0, 0.1) is 0 Å². The van der Waals surface area contributed by atoms with Crippen molar-refractivity contribution >= 4 is 69.6 Å². The van der Waals surface area contributed by atoms with Crippen molar-refractivity contribution in [2.24, 2.45) is 0 Å². The molecule has 0 fully saturated rings. The van der Waals surface area contributed by atoms with E-state index in [2.05, 4.69) is 53.9 Å². The average molecular weight is 202 g/mol. The fourth-order valence-electron chi connectivity index (χ4n) is 0.0713. The number of thiol groups is 2. The fourth-order valence-corrected chi connectivity index (χ4v) is 0.642. The molecule has 0 atom stereocenters. The Morgan fingerprint density at radius 1 is 1.38 bits per heavy atom. The molecule has 46 valence electrons. The van der Waals surface area contributed by atoms with E-state index < -0.39 is 0 Å². The van der Waals surface area contributed by atoms with Crippen molar-refractivity contribution in [1.82, 2.24) is 0 Å². The molecule has 0 rings (SSSR count). The van der Waals surface area contributed by atoms with Crippen LogP contribution in [0.2, 0.25) is 0 Å².